The zero-order valence-electron chi connectivity index (χ0n) is 14.1. The standard InChI is InChI=1S/C19H20ClN3O3/c20-16-8-6-15(7-9-16)13-19(26)23-22-17(24)10-11-21-18(25)12-14-4-2-1-3-5-14/h1-9H,10-13H2,(H,21,25)(H,22,24)(H,23,26). The number of rotatable bonds is 7. The number of nitrogens with one attached hydrogen (secondary N) is 3. The van der Waals surface area contributed by atoms with Crippen LogP contribution in [-0.4, -0.2) is 24.3 Å². The van der Waals surface area contributed by atoms with Gasteiger partial charge in [-0.05, 0) is 23.3 Å². The van der Waals surface area contributed by atoms with Crippen LogP contribution in [0.1, 0.15) is 17.5 Å². The Hall–Kier alpha value is -2.86. The molecule has 2 aromatic rings. The van der Waals surface area contributed by atoms with Crippen LogP contribution in [0.25, 0.3) is 0 Å². The molecule has 2 aromatic carbocycles. The topological polar surface area (TPSA) is 87.3 Å². The smallest absolute Gasteiger partial charge is 0.242 e. The average molecular weight is 374 g/mol. The Bertz CT molecular complexity index is 748. The van der Waals surface area contributed by atoms with E-state index in [4.69, 9.17) is 11.6 Å². The Morgan fingerprint density at radius 3 is 2.00 bits per heavy atom. The average Bonchev–Trinajstić information content (AvgIpc) is 2.63. The molecule has 0 heterocycles. The van der Waals surface area contributed by atoms with Crippen LogP contribution in [0.3, 0.4) is 0 Å². The molecule has 0 saturated heterocycles. The number of carbonyl (C=O) groups is 3. The summed E-state index contributed by atoms with van der Waals surface area (Å²) in [5, 5.41) is 3.26. The van der Waals surface area contributed by atoms with Crippen molar-refractivity contribution < 1.29 is 14.4 Å². The van der Waals surface area contributed by atoms with Gasteiger partial charge in [-0.3, -0.25) is 25.2 Å². The van der Waals surface area contributed by atoms with Gasteiger partial charge in [0, 0.05) is 18.0 Å². The number of hydrogen-bond acceptors (Lipinski definition) is 3. The third-order valence-electron chi connectivity index (χ3n) is 3.50. The van der Waals surface area contributed by atoms with Crippen molar-refractivity contribution in [1.82, 2.24) is 16.2 Å². The maximum Gasteiger partial charge on any atom is 0.242 e. The first-order valence-electron chi connectivity index (χ1n) is 8.15. The van der Waals surface area contributed by atoms with Crippen LogP contribution in [0.15, 0.2) is 54.6 Å². The molecular weight excluding hydrogens is 354 g/mol. The summed E-state index contributed by atoms with van der Waals surface area (Å²) in [6.07, 6.45) is 0.466. The van der Waals surface area contributed by atoms with Gasteiger partial charge in [-0.1, -0.05) is 54.1 Å². The monoisotopic (exact) mass is 373 g/mol. The number of carbonyl (C=O) groups excluding carboxylic acids is 3. The lowest BCUT2D eigenvalue weighted by atomic mass is 10.1. The van der Waals surface area contributed by atoms with Crippen LogP contribution in [0.5, 0.6) is 0 Å². The Balaban J connectivity index is 1.60. The highest BCUT2D eigenvalue weighted by Crippen LogP contribution is 2.09. The molecule has 3 amide bonds. The van der Waals surface area contributed by atoms with Crippen molar-refractivity contribution in [1.29, 1.82) is 0 Å². The van der Waals surface area contributed by atoms with Crippen LogP contribution in [0.4, 0.5) is 0 Å². The second-order valence-corrected chi connectivity index (χ2v) is 6.10. The molecular formula is C19H20ClN3O3. The maximum absolute atomic E-state index is 11.8. The predicted octanol–water partition coefficient (Wildman–Crippen LogP) is 1.78. The number of hydrazine groups is 1. The number of benzene rings is 2. The molecule has 0 atom stereocenters. The lowest BCUT2D eigenvalue weighted by Crippen LogP contribution is -2.43. The molecule has 6 nitrogen and oxygen atoms in total. The maximum atomic E-state index is 11.8. The first-order chi connectivity index (χ1) is 12.5. The quantitative estimate of drug-likeness (QED) is 0.646. The molecule has 0 spiro atoms. The van der Waals surface area contributed by atoms with E-state index in [-0.39, 0.29) is 43.5 Å². The lowest BCUT2D eigenvalue weighted by Gasteiger charge is -2.08. The molecule has 0 fully saturated rings. The molecule has 26 heavy (non-hydrogen) atoms. The largest absolute Gasteiger partial charge is 0.355 e. The van der Waals surface area contributed by atoms with E-state index in [1.807, 2.05) is 30.3 Å². The van der Waals surface area contributed by atoms with Gasteiger partial charge in [0.05, 0.1) is 12.8 Å². The highest BCUT2D eigenvalue weighted by Gasteiger charge is 2.07. The fourth-order valence-electron chi connectivity index (χ4n) is 2.19. The first-order valence-corrected chi connectivity index (χ1v) is 8.53. The first kappa shape index (κ1) is 19.5. The van der Waals surface area contributed by atoms with Gasteiger partial charge < -0.3 is 5.32 Å². The van der Waals surface area contributed by atoms with Gasteiger partial charge in [0.25, 0.3) is 0 Å². The second kappa shape index (κ2) is 10.2. The van der Waals surface area contributed by atoms with Crippen molar-refractivity contribution in [2.24, 2.45) is 0 Å². The fraction of sp³-hybridized carbons (Fsp3) is 0.211. The Morgan fingerprint density at radius 1 is 0.731 bits per heavy atom. The summed E-state index contributed by atoms with van der Waals surface area (Å²) in [5.74, 6) is -0.876. The van der Waals surface area contributed by atoms with Crippen molar-refractivity contribution in [3.63, 3.8) is 0 Å². The minimum Gasteiger partial charge on any atom is -0.355 e. The van der Waals surface area contributed by atoms with E-state index in [0.29, 0.717) is 5.02 Å². The van der Waals surface area contributed by atoms with E-state index in [2.05, 4.69) is 16.2 Å². The van der Waals surface area contributed by atoms with Gasteiger partial charge >= 0.3 is 0 Å². The van der Waals surface area contributed by atoms with E-state index in [9.17, 15) is 14.4 Å². The highest BCUT2D eigenvalue weighted by atomic mass is 35.5. The third kappa shape index (κ3) is 7.36. The van der Waals surface area contributed by atoms with Gasteiger partial charge in [-0.25, -0.2) is 0 Å². The second-order valence-electron chi connectivity index (χ2n) is 5.66. The number of hydrogen-bond donors (Lipinski definition) is 3. The molecule has 0 saturated carbocycles. The van der Waals surface area contributed by atoms with Crippen molar-refractivity contribution in [3.8, 4) is 0 Å². The van der Waals surface area contributed by atoms with E-state index in [1.165, 1.54) is 0 Å². The summed E-state index contributed by atoms with van der Waals surface area (Å²) in [4.78, 5) is 35.2. The van der Waals surface area contributed by atoms with Crippen LogP contribution in [-0.2, 0) is 27.2 Å². The molecule has 0 aromatic heterocycles. The molecule has 136 valence electrons. The summed E-state index contributed by atoms with van der Waals surface area (Å²) in [6.45, 7) is 0.199. The van der Waals surface area contributed by atoms with E-state index < -0.39 is 0 Å². The minimum absolute atomic E-state index is 0.0712. The number of halogens is 1. The van der Waals surface area contributed by atoms with Crippen molar-refractivity contribution in [2.45, 2.75) is 19.3 Å². The molecule has 0 aliphatic carbocycles. The van der Waals surface area contributed by atoms with Gasteiger partial charge in [0.2, 0.25) is 17.7 Å². The van der Waals surface area contributed by atoms with Crippen molar-refractivity contribution in [3.05, 3.63) is 70.7 Å². The molecule has 0 aliphatic heterocycles. The van der Waals surface area contributed by atoms with Crippen LogP contribution in [0.2, 0.25) is 5.02 Å². The summed E-state index contributed by atoms with van der Waals surface area (Å²) in [7, 11) is 0. The molecule has 0 bridgehead atoms. The van der Waals surface area contributed by atoms with Crippen molar-refractivity contribution in [2.75, 3.05) is 6.54 Å². The van der Waals surface area contributed by atoms with Crippen LogP contribution in [0, 0.1) is 0 Å². The van der Waals surface area contributed by atoms with Gasteiger partial charge in [-0.15, -0.1) is 0 Å². The molecule has 7 heteroatoms. The molecule has 0 radical (unpaired) electrons. The third-order valence-corrected chi connectivity index (χ3v) is 3.75. The van der Waals surface area contributed by atoms with Crippen LogP contribution >= 0.6 is 11.6 Å². The number of amides is 3. The summed E-state index contributed by atoms with van der Waals surface area (Å²) in [6, 6.07) is 16.2. The summed E-state index contributed by atoms with van der Waals surface area (Å²) < 4.78 is 0. The minimum atomic E-state index is -0.380. The van der Waals surface area contributed by atoms with E-state index in [0.717, 1.165) is 11.1 Å². The summed E-state index contributed by atoms with van der Waals surface area (Å²) >= 11 is 5.78. The fourth-order valence-corrected chi connectivity index (χ4v) is 2.32. The Morgan fingerprint density at radius 2 is 1.31 bits per heavy atom. The molecule has 3 N–H and O–H groups in total. The summed E-state index contributed by atoms with van der Waals surface area (Å²) in [5.41, 5.74) is 6.35. The van der Waals surface area contributed by atoms with Gasteiger partial charge in [-0.2, -0.15) is 0 Å². The van der Waals surface area contributed by atoms with E-state index in [1.54, 1.807) is 24.3 Å². The SMILES string of the molecule is O=C(Cc1ccccc1)NCCC(=O)NNC(=O)Cc1ccc(Cl)cc1. The highest BCUT2D eigenvalue weighted by molar-refractivity contribution is 6.30. The predicted molar refractivity (Wildman–Crippen MR) is 99.2 cm³/mol. The zero-order valence-corrected chi connectivity index (χ0v) is 14.9. The normalized spacial score (nSPS) is 10.0. The van der Waals surface area contributed by atoms with Gasteiger partial charge in [0.15, 0.2) is 0 Å². The zero-order chi connectivity index (χ0) is 18.8. The van der Waals surface area contributed by atoms with E-state index >= 15 is 0 Å². The van der Waals surface area contributed by atoms with Crippen molar-refractivity contribution >= 4 is 29.3 Å². The Labute approximate surface area is 156 Å². The molecule has 2 rings (SSSR count). The molecule has 0 unspecified atom stereocenters. The van der Waals surface area contributed by atoms with Crippen LogP contribution < -0.4 is 16.2 Å². The van der Waals surface area contributed by atoms with Gasteiger partial charge in [0.1, 0.15) is 0 Å². The lowest BCUT2D eigenvalue weighted by molar-refractivity contribution is -0.128. The Kier molecular flexibility index (Phi) is 7.64. The molecule has 0 aliphatic rings.